The van der Waals surface area contributed by atoms with Crippen molar-refractivity contribution in [3.63, 3.8) is 0 Å². The summed E-state index contributed by atoms with van der Waals surface area (Å²) in [5, 5.41) is 3.53. The van der Waals surface area contributed by atoms with E-state index in [1.807, 2.05) is 0 Å². The maximum Gasteiger partial charge on any atom is 0.0806 e. The zero-order valence-corrected chi connectivity index (χ0v) is 11.6. The zero-order valence-electron chi connectivity index (χ0n) is 11.6. The first-order valence-corrected chi connectivity index (χ1v) is 7.56. The third-order valence-electron chi connectivity index (χ3n) is 4.88. The number of rotatable bonds is 4. The third kappa shape index (κ3) is 3.45. The van der Waals surface area contributed by atoms with Crippen LogP contribution >= 0.6 is 0 Å². The van der Waals surface area contributed by atoms with Gasteiger partial charge in [-0.2, -0.15) is 0 Å². The van der Waals surface area contributed by atoms with Crippen LogP contribution in [0, 0.1) is 5.92 Å². The van der Waals surface area contributed by atoms with E-state index < -0.39 is 0 Å². The number of hydrogen-bond acceptors (Lipinski definition) is 2. The van der Waals surface area contributed by atoms with Crippen LogP contribution in [0.3, 0.4) is 0 Å². The molecule has 1 aliphatic heterocycles. The van der Waals surface area contributed by atoms with E-state index in [2.05, 4.69) is 19.3 Å². The Hall–Kier alpha value is -0.0800. The van der Waals surface area contributed by atoms with Gasteiger partial charge in [0, 0.05) is 12.6 Å². The van der Waals surface area contributed by atoms with Crippen LogP contribution in [-0.4, -0.2) is 25.3 Å². The lowest BCUT2D eigenvalue weighted by molar-refractivity contribution is -0.0919. The van der Waals surface area contributed by atoms with Crippen LogP contribution in [0.1, 0.15) is 64.7 Å². The first-order chi connectivity index (χ1) is 8.24. The molecule has 1 aliphatic carbocycles. The maximum atomic E-state index is 6.10. The average Bonchev–Trinajstić information content (AvgIpc) is 2.38. The molecule has 17 heavy (non-hydrogen) atoms. The molecular formula is C15H29NO. The highest BCUT2D eigenvalue weighted by Gasteiger charge is 2.37. The molecule has 1 heterocycles. The van der Waals surface area contributed by atoms with Crippen LogP contribution in [0.4, 0.5) is 0 Å². The average molecular weight is 239 g/mol. The number of likely N-dealkylation sites (N-methyl/N-ethyl adjacent to an activating group) is 1. The van der Waals surface area contributed by atoms with Crippen LogP contribution in [-0.2, 0) is 4.74 Å². The van der Waals surface area contributed by atoms with E-state index in [0.717, 1.165) is 12.5 Å². The van der Waals surface area contributed by atoms with Gasteiger partial charge in [0.05, 0.1) is 5.60 Å². The Labute approximate surface area is 107 Å². The van der Waals surface area contributed by atoms with Gasteiger partial charge in [-0.25, -0.2) is 0 Å². The fourth-order valence-electron chi connectivity index (χ4n) is 3.66. The van der Waals surface area contributed by atoms with E-state index in [0.29, 0.717) is 6.04 Å². The topological polar surface area (TPSA) is 21.3 Å². The predicted molar refractivity (Wildman–Crippen MR) is 72.2 cm³/mol. The fourth-order valence-corrected chi connectivity index (χ4v) is 3.66. The van der Waals surface area contributed by atoms with E-state index in [9.17, 15) is 0 Å². The highest BCUT2D eigenvalue weighted by molar-refractivity contribution is 4.92. The van der Waals surface area contributed by atoms with Gasteiger partial charge in [0.1, 0.15) is 0 Å². The van der Waals surface area contributed by atoms with Crippen LogP contribution in [0.2, 0.25) is 0 Å². The van der Waals surface area contributed by atoms with Crippen molar-refractivity contribution in [2.45, 2.75) is 76.4 Å². The molecule has 2 nitrogen and oxygen atoms in total. The van der Waals surface area contributed by atoms with Crippen LogP contribution < -0.4 is 5.32 Å². The molecule has 0 aromatic rings. The Morgan fingerprint density at radius 3 is 2.53 bits per heavy atom. The summed E-state index contributed by atoms with van der Waals surface area (Å²) < 4.78 is 6.10. The normalized spacial score (nSPS) is 33.5. The first kappa shape index (κ1) is 13.4. The molecule has 1 N–H and O–H groups in total. The molecule has 2 rings (SSSR count). The van der Waals surface area contributed by atoms with Gasteiger partial charge in [-0.3, -0.25) is 0 Å². The molecule has 0 radical (unpaired) electrons. The standard InChI is InChI=1S/C15H29NO/c1-15(10-6-7-11-17-15)14(16-2)12-13-8-4-3-5-9-13/h13-14,16H,3-12H2,1-2H3. The largest absolute Gasteiger partial charge is 0.374 e. The van der Waals surface area contributed by atoms with Gasteiger partial charge < -0.3 is 10.1 Å². The molecule has 0 aromatic carbocycles. The first-order valence-electron chi connectivity index (χ1n) is 7.56. The van der Waals surface area contributed by atoms with Gasteiger partial charge in [0.2, 0.25) is 0 Å². The van der Waals surface area contributed by atoms with E-state index in [1.165, 1.54) is 57.8 Å². The van der Waals surface area contributed by atoms with Crippen molar-refractivity contribution in [1.82, 2.24) is 5.32 Å². The van der Waals surface area contributed by atoms with E-state index >= 15 is 0 Å². The molecule has 100 valence electrons. The molecule has 2 fully saturated rings. The summed E-state index contributed by atoms with van der Waals surface area (Å²) in [5.41, 5.74) is 0.0877. The second-order valence-corrected chi connectivity index (χ2v) is 6.20. The Balaban J connectivity index is 1.89. The van der Waals surface area contributed by atoms with Gasteiger partial charge in [-0.15, -0.1) is 0 Å². The summed E-state index contributed by atoms with van der Waals surface area (Å²) in [6.45, 7) is 3.27. The lowest BCUT2D eigenvalue weighted by atomic mass is 9.78. The molecule has 2 atom stereocenters. The molecule has 0 amide bonds. The van der Waals surface area contributed by atoms with Crippen molar-refractivity contribution in [1.29, 1.82) is 0 Å². The summed E-state index contributed by atoms with van der Waals surface area (Å²) in [4.78, 5) is 0. The summed E-state index contributed by atoms with van der Waals surface area (Å²) in [5.74, 6) is 0.934. The van der Waals surface area contributed by atoms with Crippen molar-refractivity contribution in [2.24, 2.45) is 5.92 Å². The molecule has 2 unspecified atom stereocenters. The van der Waals surface area contributed by atoms with Crippen LogP contribution in [0.25, 0.3) is 0 Å². The van der Waals surface area contributed by atoms with Crippen molar-refractivity contribution >= 4 is 0 Å². The molecule has 1 saturated carbocycles. The number of hydrogen-bond donors (Lipinski definition) is 1. The Bertz CT molecular complexity index is 217. The molecular weight excluding hydrogens is 210 g/mol. The lowest BCUT2D eigenvalue weighted by Gasteiger charge is -2.42. The van der Waals surface area contributed by atoms with Gasteiger partial charge >= 0.3 is 0 Å². The van der Waals surface area contributed by atoms with Gasteiger partial charge in [0.25, 0.3) is 0 Å². The van der Waals surface area contributed by atoms with Crippen molar-refractivity contribution in [2.75, 3.05) is 13.7 Å². The van der Waals surface area contributed by atoms with Crippen molar-refractivity contribution in [3.8, 4) is 0 Å². The summed E-state index contributed by atoms with van der Waals surface area (Å²) >= 11 is 0. The third-order valence-corrected chi connectivity index (χ3v) is 4.88. The Morgan fingerprint density at radius 1 is 1.18 bits per heavy atom. The van der Waals surface area contributed by atoms with Crippen molar-refractivity contribution in [3.05, 3.63) is 0 Å². The molecule has 0 aromatic heterocycles. The van der Waals surface area contributed by atoms with Gasteiger partial charge in [-0.1, -0.05) is 32.1 Å². The second kappa shape index (κ2) is 6.19. The minimum atomic E-state index is 0.0877. The van der Waals surface area contributed by atoms with E-state index in [-0.39, 0.29) is 5.60 Å². The SMILES string of the molecule is CNC(CC1CCCCC1)C1(C)CCCCO1. The van der Waals surface area contributed by atoms with Crippen LogP contribution in [0.15, 0.2) is 0 Å². The number of nitrogens with one attached hydrogen (secondary N) is 1. The van der Waals surface area contributed by atoms with E-state index in [1.54, 1.807) is 0 Å². The Morgan fingerprint density at radius 2 is 1.94 bits per heavy atom. The Kier molecular flexibility index (Phi) is 4.87. The molecule has 0 bridgehead atoms. The van der Waals surface area contributed by atoms with Crippen molar-refractivity contribution < 1.29 is 4.74 Å². The summed E-state index contributed by atoms with van der Waals surface area (Å²) in [7, 11) is 2.11. The molecule has 0 spiro atoms. The highest BCUT2D eigenvalue weighted by Crippen LogP contribution is 2.34. The second-order valence-electron chi connectivity index (χ2n) is 6.20. The quantitative estimate of drug-likeness (QED) is 0.810. The highest BCUT2D eigenvalue weighted by atomic mass is 16.5. The maximum absolute atomic E-state index is 6.10. The monoisotopic (exact) mass is 239 g/mol. The minimum absolute atomic E-state index is 0.0877. The predicted octanol–water partition coefficient (Wildman–Crippen LogP) is 3.50. The molecule has 2 aliphatic rings. The lowest BCUT2D eigenvalue weighted by Crippen LogP contribution is -2.52. The van der Waals surface area contributed by atoms with E-state index in [4.69, 9.17) is 4.74 Å². The fraction of sp³-hybridized carbons (Fsp3) is 1.00. The van der Waals surface area contributed by atoms with Crippen LogP contribution in [0.5, 0.6) is 0 Å². The molecule has 2 heteroatoms. The van der Waals surface area contributed by atoms with Gasteiger partial charge in [0.15, 0.2) is 0 Å². The summed E-state index contributed by atoms with van der Waals surface area (Å²) in [6, 6.07) is 0.547. The number of ether oxygens (including phenoxy) is 1. The smallest absolute Gasteiger partial charge is 0.0806 e. The van der Waals surface area contributed by atoms with Gasteiger partial charge in [-0.05, 0) is 45.6 Å². The minimum Gasteiger partial charge on any atom is -0.374 e. The summed E-state index contributed by atoms with van der Waals surface area (Å²) in [6.07, 6.45) is 12.3. The molecule has 1 saturated heterocycles. The zero-order chi connectivity index (χ0) is 12.1.